The van der Waals surface area contributed by atoms with E-state index in [9.17, 15) is 8.42 Å². The van der Waals surface area contributed by atoms with Gasteiger partial charge in [0, 0.05) is 23.5 Å². The number of nitrogens with two attached hydrogens (primary N) is 1. The van der Waals surface area contributed by atoms with E-state index in [0.29, 0.717) is 17.8 Å². The lowest BCUT2D eigenvalue weighted by molar-refractivity contribution is 0.373. The molecule has 2 rings (SSSR count). The smallest absolute Gasteiger partial charge is 0.229 e. The first-order valence-electron chi connectivity index (χ1n) is 5.52. The van der Waals surface area contributed by atoms with Gasteiger partial charge in [0.15, 0.2) is 0 Å². The fourth-order valence-electron chi connectivity index (χ4n) is 1.86. The van der Waals surface area contributed by atoms with Gasteiger partial charge in [-0.15, -0.1) is 0 Å². The van der Waals surface area contributed by atoms with Gasteiger partial charge in [0.25, 0.3) is 0 Å². The second-order valence-corrected chi connectivity index (χ2v) is 6.27. The van der Waals surface area contributed by atoms with Crippen LogP contribution in [0, 0.1) is 0 Å². The minimum absolute atomic E-state index is 0.318. The third-order valence-corrected chi connectivity index (χ3v) is 3.34. The molecule has 1 aliphatic carbocycles. The van der Waals surface area contributed by atoms with E-state index in [1.54, 1.807) is 12.1 Å². The van der Waals surface area contributed by atoms with Gasteiger partial charge in [0.2, 0.25) is 10.0 Å². The first-order valence-corrected chi connectivity index (χ1v) is 7.41. The monoisotopic (exact) mass is 255 g/mol. The summed E-state index contributed by atoms with van der Waals surface area (Å²) in [7, 11) is -3.20. The van der Waals surface area contributed by atoms with Crippen molar-refractivity contribution in [3.8, 4) is 0 Å². The first-order chi connectivity index (χ1) is 7.92. The average Bonchev–Trinajstić information content (AvgIpc) is 2.16. The largest absolute Gasteiger partial charge is 0.382 e. The van der Waals surface area contributed by atoms with Gasteiger partial charge in [-0.25, -0.2) is 8.42 Å². The van der Waals surface area contributed by atoms with Crippen LogP contribution in [-0.4, -0.2) is 26.8 Å². The molecule has 17 heavy (non-hydrogen) atoms. The van der Waals surface area contributed by atoms with Crippen molar-refractivity contribution in [2.45, 2.75) is 24.9 Å². The number of hydrogen-bond donors (Lipinski definition) is 3. The van der Waals surface area contributed by atoms with Crippen LogP contribution in [-0.2, 0) is 10.0 Å². The topological polar surface area (TPSA) is 84.2 Å². The molecule has 0 heterocycles. The summed E-state index contributed by atoms with van der Waals surface area (Å²) in [6.07, 6.45) is 3.11. The molecule has 6 heteroatoms. The summed E-state index contributed by atoms with van der Waals surface area (Å²) < 4.78 is 24.4. The van der Waals surface area contributed by atoms with Crippen molar-refractivity contribution in [2.24, 2.45) is 5.73 Å². The molecule has 0 aliphatic heterocycles. The number of sulfonamides is 1. The van der Waals surface area contributed by atoms with Crippen LogP contribution in [0.5, 0.6) is 0 Å². The first kappa shape index (κ1) is 12.2. The molecule has 1 aliphatic rings. The summed E-state index contributed by atoms with van der Waals surface area (Å²) in [5.41, 5.74) is 7.26. The van der Waals surface area contributed by atoms with E-state index in [4.69, 9.17) is 5.73 Å². The normalized spacial score (nSPS) is 23.9. The highest BCUT2D eigenvalue weighted by molar-refractivity contribution is 7.92. The lowest BCUT2D eigenvalue weighted by atomic mass is 9.87. The minimum atomic E-state index is -3.20. The molecule has 0 bridgehead atoms. The molecule has 1 saturated carbocycles. The minimum Gasteiger partial charge on any atom is -0.382 e. The van der Waals surface area contributed by atoms with Crippen molar-refractivity contribution < 1.29 is 8.42 Å². The molecule has 0 amide bonds. The molecule has 0 unspecified atom stereocenters. The standard InChI is InChI=1S/C11H17N3O2S/c1-17(15,16)14-10-4-2-9(3-5-10)13-11-6-8(12)7-11/h2-5,8,11,13-14H,6-7,12H2,1H3. The van der Waals surface area contributed by atoms with Crippen molar-refractivity contribution in [1.82, 2.24) is 0 Å². The molecular formula is C11H17N3O2S. The Kier molecular flexibility index (Phi) is 3.26. The fourth-order valence-corrected chi connectivity index (χ4v) is 2.43. The second-order valence-electron chi connectivity index (χ2n) is 4.52. The lowest BCUT2D eigenvalue weighted by Crippen LogP contribution is -2.44. The molecule has 5 nitrogen and oxygen atoms in total. The van der Waals surface area contributed by atoms with Gasteiger partial charge in [0.05, 0.1) is 6.26 Å². The van der Waals surface area contributed by atoms with Crippen LogP contribution in [0.1, 0.15) is 12.8 Å². The molecule has 4 N–H and O–H groups in total. The van der Waals surface area contributed by atoms with Crippen LogP contribution in [0.2, 0.25) is 0 Å². The van der Waals surface area contributed by atoms with Crippen LogP contribution >= 0.6 is 0 Å². The fraction of sp³-hybridized carbons (Fsp3) is 0.455. The summed E-state index contributed by atoms with van der Waals surface area (Å²) in [6.45, 7) is 0. The molecule has 1 aromatic rings. The highest BCUT2D eigenvalue weighted by Crippen LogP contribution is 2.23. The van der Waals surface area contributed by atoms with Crippen molar-refractivity contribution in [3.63, 3.8) is 0 Å². The van der Waals surface area contributed by atoms with Crippen LogP contribution in [0.3, 0.4) is 0 Å². The van der Waals surface area contributed by atoms with Gasteiger partial charge in [-0.2, -0.15) is 0 Å². The Morgan fingerprint density at radius 2 is 1.71 bits per heavy atom. The number of benzene rings is 1. The van der Waals surface area contributed by atoms with Gasteiger partial charge in [-0.1, -0.05) is 0 Å². The number of rotatable bonds is 4. The Hall–Kier alpha value is -1.27. The number of hydrogen-bond acceptors (Lipinski definition) is 4. The Balaban J connectivity index is 1.94. The van der Waals surface area contributed by atoms with Gasteiger partial charge < -0.3 is 11.1 Å². The van der Waals surface area contributed by atoms with Crippen molar-refractivity contribution in [2.75, 3.05) is 16.3 Å². The Morgan fingerprint density at radius 3 is 2.18 bits per heavy atom. The maximum absolute atomic E-state index is 11.0. The van der Waals surface area contributed by atoms with Gasteiger partial charge in [-0.05, 0) is 37.1 Å². The van der Waals surface area contributed by atoms with E-state index < -0.39 is 10.0 Å². The predicted octanol–water partition coefficient (Wildman–Crippen LogP) is 0.960. The molecular weight excluding hydrogens is 238 g/mol. The average molecular weight is 255 g/mol. The van der Waals surface area contributed by atoms with Gasteiger partial charge in [-0.3, -0.25) is 4.72 Å². The molecule has 1 aromatic carbocycles. The molecule has 1 fully saturated rings. The zero-order chi connectivity index (χ0) is 12.5. The van der Waals surface area contributed by atoms with E-state index in [-0.39, 0.29) is 0 Å². The lowest BCUT2D eigenvalue weighted by Gasteiger charge is -2.33. The molecule has 0 radical (unpaired) electrons. The van der Waals surface area contributed by atoms with Crippen LogP contribution in [0.15, 0.2) is 24.3 Å². The summed E-state index contributed by atoms with van der Waals surface area (Å²) >= 11 is 0. The summed E-state index contributed by atoms with van der Waals surface area (Å²) in [6, 6.07) is 7.95. The molecule has 94 valence electrons. The second kappa shape index (κ2) is 4.54. The third kappa shape index (κ3) is 3.61. The van der Waals surface area contributed by atoms with Crippen LogP contribution in [0.25, 0.3) is 0 Å². The summed E-state index contributed by atoms with van der Waals surface area (Å²) in [4.78, 5) is 0. The maximum atomic E-state index is 11.0. The summed E-state index contributed by atoms with van der Waals surface area (Å²) in [5, 5.41) is 3.34. The third-order valence-electron chi connectivity index (χ3n) is 2.73. The SMILES string of the molecule is CS(=O)(=O)Nc1ccc(NC2CC(N)C2)cc1. The molecule has 0 atom stereocenters. The van der Waals surface area contributed by atoms with E-state index in [1.165, 1.54) is 0 Å². The van der Waals surface area contributed by atoms with E-state index >= 15 is 0 Å². The van der Waals surface area contributed by atoms with E-state index in [1.807, 2.05) is 12.1 Å². The highest BCUT2D eigenvalue weighted by atomic mass is 32.2. The van der Waals surface area contributed by atoms with Crippen molar-refractivity contribution in [3.05, 3.63) is 24.3 Å². The Bertz CT molecular complexity index is 478. The number of anilines is 2. The van der Waals surface area contributed by atoms with Gasteiger partial charge in [0.1, 0.15) is 0 Å². The van der Waals surface area contributed by atoms with Crippen LogP contribution in [0.4, 0.5) is 11.4 Å². The predicted molar refractivity (Wildman–Crippen MR) is 69.5 cm³/mol. The molecule has 0 saturated heterocycles. The summed E-state index contributed by atoms with van der Waals surface area (Å²) in [5.74, 6) is 0. The van der Waals surface area contributed by atoms with E-state index in [0.717, 1.165) is 24.8 Å². The molecule has 0 aromatic heterocycles. The van der Waals surface area contributed by atoms with E-state index in [2.05, 4.69) is 10.0 Å². The van der Waals surface area contributed by atoms with Crippen molar-refractivity contribution >= 4 is 21.4 Å². The van der Waals surface area contributed by atoms with Crippen LogP contribution < -0.4 is 15.8 Å². The maximum Gasteiger partial charge on any atom is 0.229 e. The zero-order valence-corrected chi connectivity index (χ0v) is 10.5. The van der Waals surface area contributed by atoms with Gasteiger partial charge >= 0.3 is 0 Å². The Labute approximate surface area is 101 Å². The quantitative estimate of drug-likeness (QED) is 0.748. The van der Waals surface area contributed by atoms with Crippen molar-refractivity contribution in [1.29, 1.82) is 0 Å². The highest BCUT2D eigenvalue weighted by Gasteiger charge is 2.25. The zero-order valence-electron chi connectivity index (χ0n) is 9.68. The molecule has 0 spiro atoms. The Morgan fingerprint density at radius 1 is 1.18 bits per heavy atom. The number of nitrogens with one attached hydrogen (secondary N) is 2.